The molecular weight excluding hydrogens is 266 g/mol. The number of alkyl halides is 1. The number of carbonyl (C=O) groups excluding carboxylic acids is 2. The van der Waals surface area contributed by atoms with Crippen LogP contribution in [0.2, 0.25) is 0 Å². The highest BCUT2D eigenvalue weighted by atomic mass is 35.5. The Morgan fingerprint density at radius 2 is 2.32 bits per heavy atom. The Balaban J connectivity index is 1.84. The zero-order valence-corrected chi connectivity index (χ0v) is 10.8. The Kier molecular flexibility index (Phi) is 2.98. The molecule has 1 heterocycles. The highest BCUT2D eigenvalue weighted by Gasteiger charge is 2.49. The Morgan fingerprint density at radius 3 is 3.11 bits per heavy atom. The zero-order valence-electron chi connectivity index (χ0n) is 10.0. The van der Waals surface area contributed by atoms with Crippen LogP contribution >= 0.6 is 11.6 Å². The fourth-order valence-corrected chi connectivity index (χ4v) is 2.36. The summed E-state index contributed by atoms with van der Waals surface area (Å²) in [5, 5.41) is 6.82. The first-order chi connectivity index (χ1) is 9.19. The van der Waals surface area contributed by atoms with Gasteiger partial charge in [-0.25, -0.2) is 5.43 Å². The number of amides is 2. The van der Waals surface area contributed by atoms with E-state index in [1.54, 1.807) is 6.07 Å². The topological polar surface area (TPSA) is 70.6 Å². The summed E-state index contributed by atoms with van der Waals surface area (Å²) < 4.78 is 0. The van der Waals surface area contributed by atoms with Gasteiger partial charge in [-0.3, -0.25) is 9.59 Å². The van der Waals surface area contributed by atoms with Gasteiger partial charge in [0.15, 0.2) is 0 Å². The van der Waals surface area contributed by atoms with E-state index in [2.05, 4.69) is 15.8 Å². The van der Waals surface area contributed by atoms with Crippen molar-refractivity contribution in [3.8, 4) is 0 Å². The van der Waals surface area contributed by atoms with E-state index in [1.807, 2.05) is 18.2 Å². The van der Waals surface area contributed by atoms with Crippen LogP contribution in [-0.2, 0) is 9.59 Å². The minimum Gasteiger partial charge on any atom is -0.325 e. The zero-order chi connectivity index (χ0) is 13.4. The molecule has 0 bridgehead atoms. The van der Waals surface area contributed by atoms with Gasteiger partial charge in [-0.1, -0.05) is 12.1 Å². The second kappa shape index (κ2) is 4.66. The van der Waals surface area contributed by atoms with E-state index in [4.69, 9.17) is 11.6 Å². The number of hydrogen-bond acceptors (Lipinski definition) is 3. The smallest absolute Gasteiger partial charge is 0.243 e. The van der Waals surface area contributed by atoms with Gasteiger partial charge in [-0.15, -0.1) is 11.6 Å². The molecule has 1 aromatic carbocycles. The summed E-state index contributed by atoms with van der Waals surface area (Å²) in [7, 11) is 0. The van der Waals surface area contributed by atoms with Gasteiger partial charge in [-0.2, -0.15) is 5.10 Å². The molecule has 2 amide bonds. The first-order valence-electron chi connectivity index (χ1n) is 6.02. The predicted molar refractivity (Wildman–Crippen MR) is 72.1 cm³/mol. The number of nitrogens with zero attached hydrogens (tertiary/aromatic N) is 1. The van der Waals surface area contributed by atoms with E-state index in [9.17, 15) is 9.59 Å². The van der Waals surface area contributed by atoms with Crippen LogP contribution in [0.25, 0.3) is 0 Å². The lowest BCUT2D eigenvalue weighted by Crippen LogP contribution is -2.28. The number of carbonyl (C=O) groups is 2. The summed E-state index contributed by atoms with van der Waals surface area (Å²) >= 11 is 5.45. The molecule has 98 valence electrons. The van der Waals surface area contributed by atoms with E-state index in [0.29, 0.717) is 5.69 Å². The van der Waals surface area contributed by atoms with Crippen molar-refractivity contribution in [2.75, 3.05) is 11.2 Å². The van der Waals surface area contributed by atoms with E-state index in [-0.39, 0.29) is 29.5 Å². The Hall–Kier alpha value is -1.88. The molecule has 2 aliphatic rings. The van der Waals surface area contributed by atoms with Crippen LogP contribution in [0.5, 0.6) is 0 Å². The summed E-state index contributed by atoms with van der Waals surface area (Å²) in [5.74, 6) is -0.0463. The van der Waals surface area contributed by atoms with Gasteiger partial charge >= 0.3 is 0 Å². The number of anilines is 1. The molecule has 1 aliphatic heterocycles. The number of hydrazone groups is 1. The average Bonchev–Trinajstić information content (AvgIpc) is 3.20. The number of hydrogen-bond donors (Lipinski definition) is 2. The molecule has 1 saturated carbocycles. The molecule has 0 radical (unpaired) electrons. The van der Waals surface area contributed by atoms with Crippen molar-refractivity contribution in [2.24, 2.45) is 16.9 Å². The van der Waals surface area contributed by atoms with E-state index in [0.717, 1.165) is 17.7 Å². The molecule has 1 fully saturated rings. The van der Waals surface area contributed by atoms with Gasteiger partial charge < -0.3 is 5.32 Å². The largest absolute Gasteiger partial charge is 0.325 e. The minimum atomic E-state index is -0.248. The lowest BCUT2D eigenvalue weighted by Gasteiger charge is -2.12. The minimum absolute atomic E-state index is 0.000322. The van der Waals surface area contributed by atoms with Crippen molar-refractivity contribution in [1.82, 2.24) is 5.43 Å². The maximum absolute atomic E-state index is 11.4. The molecule has 1 aliphatic carbocycles. The average molecular weight is 278 g/mol. The third-order valence-corrected chi connectivity index (χ3v) is 3.57. The number of halogens is 1. The van der Waals surface area contributed by atoms with Crippen LogP contribution < -0.4 is 10.7 Å². The van der Waals surface area contributed by atoms with Gasteiger partial charge in [0.05, 0.1) is 5.71 Å². The summed E-state index contributed by atoms with van der Waals surface area (Å²) in [4.78, 5) is 22.6. The molecule has 1 aromatic rings. The molecule has 6 heteroatoms. The monoisotopic (exact) mass is 277 g/mol. The van der Waals surface area contributed by atoms with Crippen molar-refractivity contribution in [1.29, 1.82) is 0 Å². The Bertz CT molecular complexity index is 585. The summed E-state index contributed by atoms with van der Waals surface area (Å²) in [6.45, 7) is 0. The maximum atomic E-state index is 11.4. The van der Waals surface area contributed by atoms with Crippen molar-refractivity contribution in [3.05, 3.63) is 29.8 Å². The quantitative estimate of drug-likeness (QED) is 0.819. The van der Waals surface area contributed by atoms with Gasteiger partial charge in [0.25, 0.3) is 0 Å². The molecule has 3 rings (SSSR count). The predicted octanol–water partition coefficient (Wildman–Crippen LogP) is 1.33. The molecule has 0 spiro atoms. The number of rotatable bonds is 3. The third-order valence-electron chi connectivity index (χ3n) is 3.33. The van der Waals surface area contributed by atoms with Crippen LogP contribution in [0.4, 0.5) is 5.69 Å². The van der Waals surface area contributed by atoms with Crippen molar-refractivity contribution < 1.29 is 9.59 Å². The van der Waals surface area contributed by atoms with Gasteiger partial charge in [0.1, 0.15) is 5.88 Å². The molecule has 0 aromatic heterocycles. The van der Waals surface area contributed by atoms with E-state index < -0.39 is 0 Å². The second-order valence-electron chi connectivity index (χ2n) is 4.68. The molecule has 0 saturated heterocycles. The lowest BCUT2D eigenvalue weighted by molar-refractivity contribution is -0.122. The second-order valence-corrected chi connectivity index (χ2v) is 4.95. The van der Waals surface area contributed by atoms with Crippen LogP contribution in [-0.4, -0.2) is 23.4 Å². The van der Waals surface area contributed by atoms with Gasteiger partial charge in [0.2, 0.25) is 11.8 Å². The van der Waals surface area contributed by atoms with Crippen LogP contribution in [0.3, 0.4) is 0 Å². The number of nitrogens with one attached hydrogen (secondary N) is 2. The standard InChI is InChI=1S/C13H12ClN3O2/c14-6-11(18)15-8-3-1-2-7(4-8)12-9-5-10(9)13(19)17-16-12/h1-4,9-10H,5-6H2,(H,15,18)(H,17,19). The number of benzene rings is 1. The summed E-state index contributed by atoms with van der Waals surface area (Å²) in [5.41, 5.74) is 5.01. The van der Waals surface area contributed by atoms with Crippen LogP contribution in [0, 0.1) is 11.8 Å². The highest BCUT2D eigenvalue weighted by molar-refractivity contribution is 6.29. The maximum Gasteiger partial charge on any atom is 0.243 e. The SMILES string of the molecule is O=C(CCl)Nc1cccc(C2=NNC(=O)C3CC23)c1. The fraction of sp³-hybridized carbons (Fsp3) is 0.308. The molecule has 2 N–H and O–H groups in total. The van der Waals surface area contributed by atoms with Crippen LogP contribution in [0.1, 0.15) is 12.0 Å². The number of fused-ring (bicyclic) bond motifs is 1. The summed E-state index contributed by atoms with van der Waals surface area (Å²) in [6, 6.07) is 7.40. The van der Waals surface area contributed by atoms with E-state index in [1.165, 1.54) is 0 Å². The molecule has 5 nitrogen and oxygen atoms in total. The third kappa shape index (κ3) is 2.33. The fourth-order valence-electron chi connectivity index (χ4n) is 2.30. The lowest BCUT2D eigenvalue weighted by atomic mass is 10.0. The Morgan fingerprint density at radius 1 is 1.47 bits per heavy atom. The molecule has 2 atom stereocenters. The molecule has 19 heavy (non-hydrogen) atoms. The molecular formula is C13H12ClN3O2. The van der Waals surface area contributed by atoms with Crippen LogP contribution in [0.15, 0.2) is 29.4 Å². The summed E-state index contributed by atoms with van der Waals surface area (Å²) in [6.07, 6.45) is 0.850. The van der Waals surface area contributed by atoms with Gasteiger partial charge in [-0.05, 0) is 18.6 Å². The van der Waals surface area contributed by atoms with Crippen molar-refractivity contribution in [3.63, 3.8) is 0 Å². The van der Waals surface area contributed by atoms with E-state index >= 15 is 0 Å². The molecule has 2 unspecified atom stereocenters. The first-order valence-corrected chi connectivity index (χ1v) is 6.56. The van der Waals surface area contributed by atoms with Crippen molar-refractivity contribution in [2.45, 2.75) is 6.42 Å². The Labute approximate surface area is 115 Å². The highest BCUT2D eigenvalue weighted by Crippen LogP contribution is 2.43. The first kappa shape index (κ1) is 12.2. The van der Waals surface area contributed by atoms with Crippen molar-refractivity contribution >= 4 is 34.8 Å². The van der Waals surface area contributed by atoms with Gasteiger partial charge in [0, 0.05) is 23.1 Å². The normalized spacial score (nSPS) is 24.1.